The molecule has 2 aromatic rings. The molecule has 2 heteroatoms. The quantitative estimate of drug-likeness (QED) is 0.724. The average molecular weight is 233 g/mol. The maximum Gasteiger partial charge on any atom is 0.124 e. The van der Waals surface area contributed by atoms with Crippen molar-refractivity contribution in [3.8, 4) is 5.75 Å². The molecule has 0 aromatic heterocycles. The largest absolute Gasteiger partial charge is 0.489 e. The third-order valence-electron chi connectivity index (χ3n) is 2.35. The SMILES string of the molecule is ClCc1ccccc1OCc1ccccc1. The summed E-state index contributed by atoms with van der Waals surface area (Å²) in [7, 11) is 0. The molecule has 0 unspecified atom stereocenters. The summed E-state index contributed by atoms with van der Waals surface area (Å²) in [6, 6.07) is 17.9. The molecule has 0 spiro atoms. The molecule has 0 atom stereocenters. The van der Waals surface area contributed by atoms with E-state index in [1.54, 1.807) is 0 Å². The zero-order chi connectivity index (χ0) is 11.2. The van der Waals surface area contributed by atoms with Crippen LogP contribution >= 0.6 is 11.6 Å². The smallest absolute Gasteiger partial charge is 0.124 e. The van der Waals surface area contributed by atoms with Crippen molar-refractivity contribution < 1.29 is 4.74 Å². The van der Waals surface area contributed by atoms with E-state index in [1.807, 2.05) is 54.6 Å². The predicted molar refractivity (Wildman–Crippen MR) is 66.8 cm³/mol. The molecular weight excluding hydrogens is 220 g/mol. The standard InChI is InChI=1S/C14H13ClO/c15-10-13-8-4-5-9-14(13)16-11-12-6-2-1-3-7-12/h1-9H,10-11H2. The summed E-state index contributed by atoms with van der Waals surface area (Å²) in [5, 5.41) is 0. The van der Waals surface area contributed by atoms with Crippen LogP contribution in [0.4, 0.5) is 0 Å². The predicted octanol–water partition coefficient (Wildman–Crippen LogP) is 4.00. The van der Waals surface area contributed by atoms with Gasteiger partial charge in [0, 0.05) is 5.56 Å². The third-order valence-corrected chi connectivity index (χ3v) is 2.64. The number of hydrogen-bond donors (Lipinski definition) is 0. The second-order valence-electron chi connectivity index (χ2n) is 3.52. The molecule has 0 bridgehead atoms. The number of ether oxygens (including phenoxy) is 1. The van der Waals surface area contributed by atoms with Crippen LogP contribution in [0.1, 0.15) is 11.1 Å². The van der Waals surface area contributed by atoms with Gasteiger partial charge in [-0.15, -0.1) is 11.6 Å². The van der Waals surface area contributed by atoms with Crippen molar-refractivity contribution in [3.05, 3.63) is 65.7 Å². The topological polar surface area (TPSA) is 9.23 Å². The lowest BCUT2D eigenvalue weighted by Gasteiger charge is -2.09. The van der Waals surface area contributed by atoms with E-state index in [0.717, 1.165) is 16.9 Å². The molecular formula is C14H13ClO. The Bertz CT molecular complexity index is 439. The fourth-order valence-corrected chi connectivity index (χ4v) is 1.71. The Balaban J connectivity index is 2.05. The van der Waals surface area contributed by atoms with E-state index in [0.29, 0.717) is 12.5 Å². The minimum atomic E-state index is 0.477. The van der Waals surface area contributed by atoms with Crippen LogP contribution in [0.15, 0.2) is 54.6 Å². The molecule has 2 rings (SSSR count). The number of para-hydroxylation sites is 1. The Morgan fingerprint density at radius 3 is 2.31 bits per heavy atom. The Kier molecular flexibility index (Phi) is 3.84. The van der Waals surface area contributed by atoms with Crippen LogP contribution in [0.2, 0.25) is 0 Å². The molecule has 2 aromatic carbocycles. The number of hydrogen-bond acceptors (Lipinski definition) is 1. The van der Waals surface area contributed by atoms with E-state index < -0.39 is 0 Å². The first kappa shape index (κ1) is 11.0. The van der Waals surface area contributed by atoms with Crippen molar-refractivity contribution in [1.29, 1.82) is 0 Å². The first-order valence-corrected chi connectivity index (χ1v) is 5.74. The molecule has 0 N–H and O–H groups in total. The van der Waals surface area contributed by atoms with Crippen LogP contribution in [0.25, 0.3) is 0 Å². The van der Waals surface area contributed by atoms with Crippen LogP contribution in [0, 0.1) is 0 Å². The first-order chi connectivity index (χ1) is 7.90. The second kappa shape index (κ2) is 5.57. The summed E-state index contributed by atoms with van der Waals surface area (Å²) >= 11 is 5.83. The molecule has 0 radical (unpaired) electrons. The van der Waals surface area contributed by atoms with E-state index in [2.05, 4.69) is 0 Å². The minimum absolute atomic E-state index is 0.477. The van der Waals surface area contributed by atoms with Crippen molar-refractivity contribution >= 4 is 11.6 Å². The van der Waals surface area contributed by atoms with Gasteiger partial charge in [0.15, 0.2) is 0 Å². The maximum atomic E-state index is 5.83. The van der Waals surface area contributed by atoms with Crippen molar-refractivity contribution in [2.45, 2.75) is 12.5 Å². The van der Waals surface area contributed by atoms with Gasteiger partial charge in [-0.2, -0.15) is 0 Å². The van der Waals surface area contributed by atoms with Gasteiger partial charge in [0.2, 0.25) is 0 Å². The molecule has 1 nitrogen and oxygen atoms in total. The van der Waals surface area contributed by atoms with Gasteiger partial charge >= 0.3 is 0 Å². The molecule has 0 saturated heterocycles. The molecule has 0 fully saturated rings. The van der Waals surface area contributed by atoms with Crippen LogP contribution < -0.4 is 4.74 Å². The van der Waals surface area contributed by atoms with Crippen LogP contribution in [0.5, 0.6) is 5.75 Å². The van der Waals surface area contributed by atoms with E-state index in [-0.39, 0.29) is 0 Å². The molecule has 0 aliphatic rings. The van der Waals surface area contributed by atoms with Gasteiger partial charge in [0.25, 0.3) is 0 Å². The lowest BCUT2D eigenvalue weighted by Crippen LogP contribution is -1.97. The molecule has 0 aliphatic carbocycles. The van der Waals surface area contributed by atoms with Gasteiger partial charge in [-0.05, 0) is 11.6 Å². The molecule has 0 aliphatic heterocycles. The summed E-state index contributed by atoms with van der Waals surface area (Å²) in [4.78, 5) is 0. The second-order valence-corrected chi connectivity index (χ2v) is 3.78. The molecule has 0 saturated carbocycles. The van der Waals surface area contributed by atoms with Crippen LogP contribution in [-0.2, 0) is 12.5 Å². The Hall–Kier alpha value is -1.47. The molecule has 82 valence electrons. The Morgan fingerprint density at radius 2 is 1.56 bits per heavy atom. The first-order valence-electron chi connectivity index (χ1n) is 5.21. The summed E-state index contributed by atoms with van der Waals surface area (Å²) in [6.07, 6.45) is 0. The van der Waals surface area contributed by atoms with E-state index in [9.17, 15) is 0 Å². The zero-order valence-corrected chi connectivity index (χ0v) is 9.65. The molecule has 16 heavy (non-hydrogen) atoms. The molecule has 0 heterocycles. The van der Waals surface area contributed by atoms with Crippen molar-refractivity contribution in [2.75, 3.05) is 0 Å². The highest BCUT2D eigenvalue weighted by molar-refractivity contribution is 6.17. The highest BCUT2D eigenvalue weighted by atomic mass is 35.5. The summed E-state index contributed by atoms with van der Waals surface area (Å²) < 4.78 is 5.73. The number of alkyl halides is 1. The van der Waals surface area contributed by atoms with Crippen molar-refractivity contribution in [3.63, 3.8) is 0 Å². The van der Waals surface area contributed by atoms with Crippen LogP contribution in [0.3, 0.4) is 0 Å². The lowest BCUT2D eigenvalue weighted by atomic mass is 10.2. The maximum absolute atomic E-state index is 5.83. The van der Waals surface area contributed by atoms with Gasteiger partial charge in [-0.25, -0.2) is 0 Å². The van der Waals surface area contributed by atoms with Gasteiger partial charge in [0.1, 0.15) is 12.4 Å². The normalized spacial score (nSPS) is 10.1. The van der Waals surface area contributed by atoms with Gasteiger partial charge in [0.05, 0.1) is 5.88 Å². The lowest BCUT2D eigenvalue weighted by molar-refractivity contribution is 0.304. The van der Waals surface area contributed by atoms with E-state index >= 15 is 0 Å². The minimum Gasteiger partial charge on any atom is -0.489 e. The van der Waals surface area contributed by atoms with Crippen LogP contribution in [-0.4, -0.2) is 0 Å². The van der Waals surface area contributed by atoms with Gasteiger partial charge in [-0.3, -0.25) is 0 Å². The fourth-order valence-electron chi connectivity index (χ4n) is 1.49. The highest BCUT2D eigenvalue weighted by Crippen LogP contribution is 2.20. The third kappa shape index (κ3) is 2.77. The zero-order valence-electron chi connectivity index (χ0n) is 8.90. The van der Waals surface area contributed by atoms with Crippen molar-refractivity contribution in [1.82, 2.24) is 0 Å². The van der Waals surface area contributed by atoms with E-state index in [1.165, 1.54) is 0 Å². The van der Waals surface area contributed by atoms with Gasteiger partial charge < -0.3 is 4.74 Å². The monoisotopic (exact) mass is 232 g/mol. The van der Waals surface area contributed by atoms with Gasteiger partial charge in [-0.1, -0.05) is 48.5 Å². The Labute approximate surface area is 101 Å². The highest BCUT2D eigenvalue weighted by Gasteiger charge is 2.01. The summed E-state index contributed by atoms with van der Waals surface area (Å²) in [5.74, 6) is 1.34. The van der Waals surface area contributed by atoms with Crippen molar-refractivity contribution in [2.24, 2.45) is 0 Å². The number of rotatable bonds is 4. The molecule has 0 amide bonds. The number of benzene rings is 2. The average Bonchev–Trinajstić information content (AvgIpc) is 2.38. The summed E-state index contributed by atoms with van der Waals surface area (Å²) in [6.45, 7) is 0.578. The van der Waals surface area contributed by atoms with E-state index in [4.69, 9.17) is 16.3 Å². The fraction of sp³-hybridized carbons (Fsp3) is 0.143. The Morgan fingerprint density at radius 1 is 0.875 bits per heavy atom. The summed E-state index contributed by atoms with van der Waals surface area (Å²) in [5.41, 5.74) is 2.19. The number of halogens is 1.